The molecular weight excluding hydrogens is 320 g/mol. The fraction of sp³-hybridized carbons (Fsp3) is 0.474. The summed E-state index contributed by atoms with van der Waals surface area (Å²) in [5.74, 6) is 1.08. The third-order valence-corrected chi connectivity index (χ3v) is 5.71. The average Bonchev–Trinajstić information content (AvgIpc) is 2.81. The molecule has 1 saturated heterocycles. The van der Waals surface area contributed by atoms with Crippen molar-refractivity contribution < 1.29 is 9.53 Å². The zero-order valence-electron chi connectivity index (χ0n) is 14.4. The first-order valence-corrected chi connectivity index (χ1v) is 9.37. The van der Waals surface area contributed by atoms with Gasteiger partial charge in [-0.15, -0.1) is 11.3 Å². The number of hydrogen-bond donors (Lipinski definition) is 0. The van der Waals surface area contributed by atoms with E-state index in [2.05, 4.69) is 4.98 Å². The Morgan fingerprint density at radius 3 is 2.46 bits per heavy atom. The van der Waals surface area contributed by atoms with Gasteiger partial charge in [-0.05, 0) is 44.0 Å². The van der Waals surface area contributed by atoms with E-state index in [0.717, 1.165) is 52.8 Å². The number of nitrogens with zero attached hydrogens (tertiary/aromatic N) is 2. The van der Waals surface area contributed by atoms with Crippen LogP contribution in [0.4, 0.5) is 0 Å². The Labute approximate surface area is 147 Å². The number of aromatic nitrogens is 1. The van der Waals surface area contributed by atoms with Gasteiger partial charge in [-0.25, -0.2) is 4.98 Å². The summed E-state index contributed by atoms with van der Waals surface area (Å²) < 4.78 is 5.20. The molecule has 0 unspecified atom stereocenters. The van der Waals surface area contributed by atoms with Gasteiger partial charge in [-0.2, -0.15) is 0 Å². The topological polar surface area (TPSA) is 42.4 Å². The van der Waals surface area contributed by atoms with Crippen LogP contribution in [0.15, 0.2) is 24.3 Å². The highest BCUT2D eigenvalue weighted by Gasteiger charge is 2.19. The van der Waals surface area contributed by atoms with E-state index in [1.807, 2.05) is 36.1 Å². The maximum absolute atomic E-state index is 12.6. The van der Waals surface area contributed by atoms with Gasteiger partial charge in [0.2, 0.25) is 5.91 Å². The predicted molar refractivity (Wildman–Crippen MR) is 97.6 cm³/mol. The number of hydrogen-bond acceptors (Lipinski definition) is 4. The molecule has 0 aliphatic carbocycles. The van der Waals surface area contributed by atoms with Gasteiger partial charge in [0, 0.05) is 23.5 Å². The van der Waals surface area contributed by atoms with Gasteiger partial charge in [-0.3, -0.25) is 4.79 Å². The van der Waals surface area contributed by atoms with Crippen LogP contribution in [0.5, 0.6) is 5.75 Å². The van der Waals surface area contributed by atoms with Crippen molar-refractivity contribution in [1.29, 1.82) is 0 Å². The molecular formula is C19H24N2O2S. The first-order chi connectivity index (χ1) is 11.7. The maximum atomic E-state index is 12.6. The molecule has 0 radical (unpaired) electrons. The van der Waals surface area contributed by atoms with Crippen LogP contribution in [0.25, 0.3) is 10.6 Å². The number of benzene rings is 1. The van der Waals surface area contributed by atoms with E-state index in [4.69, 9.17) is 4.74 Å². The number of aryl methyl sites for hydroxylation is 1. The zero-order valence-corrected chi connectivity index (χ0v) is 15.2. The van der Waals surface area contributed by atoms with Gasteiger partial charge < -0.3 is 9.64 Å². The zero-order chi connectivity index (χ0) is 16.9. The van der Waals surface area contributed by atoms with Gasteiger partial charge in [0.05, 0.1) is 19.2 Å². The largest absolute Gasteiger partial charge is 0.497 e. The smallest absolute Gasteiger partial charge is 0.227 e. The standard InChI is InChI=1S/C19H24N2O2S/c1-14-17(13-18(22)21-11-5-3-4-6-12-21)24-19(20-14)15-7-9-16(23-2)10-8-15/h7-10H,3-6,11-13H2,1-2H3. The Morgan fingerprint density at radius 2 is 1.83 bits per heavy atom. The summed E-state index contributed by atoms with van der Waals surface area (Å²) in [5.41, 5.74) is 2.03. The van der Waals surface area contributed by atoms with Crippen LogP contribution >= 0.6 is 11.3 Å². The van der Waals surface area contributed by atoms with E-state index in [0.29, 0.717) is 6.42 Å². The normalized spacial score (nSPS) is 15.2. The number of carbonyl (C=O) groups is 1. The van der Waals surface area contributed by atoms with Crippen LogP contribution in [-0.2, 0) is 11.2 Å². The van der Waals surface area contributed by atoms with Crippen molar-refractivity contribution in [3.8, 4) is 16.3 Å². The van der Waals surface area contributed by atoms with Crippen LogP contribution in [-0.4, -0.2) is 36.0 Å². The molecule has 1 aromatic heterocycles. The minimum Gasteiger partial charge on any atom is -0.497 e. The summed E-state index contributed by atoms with van der Waals surface area (Å²) in [5, 5.41) is 0.966. The van der Waals surface area contributed by atoms with Crippen LogP contribution in [0, 0.1) is 6.92 Å². The maximum Gasteiger partial charge on any atom is 0.227 e. The predicted octanol–water partition coefficient (Wildman–Crippen LogP) is 4.07. The molecule has 2 aromatic rings. The van der Waals surface area contributed by atoms with Crippen molar-refractivity contribution in [1.82, 2.24) is 9.88 Å². The lowest BCUT2D eigenvalue weighted by Crippen LogP contribution is -2.33. The molecule has 0 saturated carbocycles. The molecule has 1 amide bonds. The molecule has 4 nitrogen and oxygen atoms in total. The molecule has 5 heteroatoms. The average molecular weight is 344 g/mol. The van der Waals surface area contributed by atoms with E-state index in [-0.39, 0.29) is 5.91 Å². The van der Waals surface area contributed by atoms with E-state index in [9.17, 15) is 4.79 Å². The molecule has 128 valence electrons. The Bertz CT molecular complexity index is 686. The molecule has 1 aromatic carbocycles. The number of carbonyl (C=O) groups excluding carboxylic acids is 1. The highest BCUT2D eigenvalue weighted by molar-refractivity contribution is 7.15. The van der Waals surface area contributed by atoms with Crippen molar-refractivity contribution in [2.75, 3.05) is 20.2 Å². The Balaban J connectivity index is 1.72. The van der Waals surface area contributed by atoms with Crippen LogP contribution in [0.3, 0.4) is 0 Å². The summed E-state index contributed by atoms with van der Waals surface area (Å²) >= 11 is 1.62. The van der Waals surface area contributed by atoms with E-state index in [1.54, 1.807) is 18.4 Å². The van der Waals surface area contributed by atoms with E-state index in [1.165, 1.54) is 12.8 Å². The first kappa shape index (κ1) is 17.0. The van der Waals surface area contributed by atoms with Gasteiger partial charge >= 0.3 is 0 Å². The SMILES string of the molecule is COc1ccc(-c2nc(C)c(CC(=O)N3CCCCCC3)s2)cc1. The summed E-state index contributed by atoms with van der Waals surface area (Å²) in [6.07, 6.45) is 5.21. The molecule has 3 rings (SSSR count). The van der Waals surface area contributed by atoms with E-state index >= 15 is 0 Å². The minimum atomic E-state index is 0.241. The van der Waals surface area contributed by atoms with Crippen molar-refractivity contribution >= 4 is 17.2 Å². The molecule has 24 heavy (non-hydrogen) atoms. The molecule has 2 heterocycles. The first-order valence-electron chi connectivity index (χ1n) is 8.56. The second-order valence-electron chi connectivity index (χ2n) is 6.23. The number of rotatable bonds is 4. The molecule has 0 spiro atoms. The highest BCUT2D eigenvalue weighted by atomic mass is 32.1. The number of methoxy groups -OCH3 is 1. The lowest BCUT2D eigenvalue weighted by atomic mass is 10.2. The Morgan fingerprint density at radius 1 is 1.17 bits per heavy atom. The molecule has 0 N–H and O–H groups in total. The second-order valence-corrected chi connectivity index (χ2v) is 7.31. The van der Waals surface area contributed by atoms with Crippen LogP contribution in [0.2, 0.25) is 0 Å². The number of thiazole rings is 1. The molecule has 1 fully saturated rings. The summed E-state index contributed by atoms with van der Waals surface area (Å²) in [6.45, 7) is 3.80. The lowest BCUT2D eigenvalue weighted by molar-refractivity contribution is -0.130. The van der Waals surface area contributed by atoms with Gasteiger partial charge in [0.15, 0.2) is 0 Å². The quantitative estimate of drug-likeness (QED) is 0.839. The van der Waals surface area contributed by atoms with Gasteiger partial charge in [0.25, 0.3) is 0 Å². The fourth-order valence-electron chi connectivity index (χ4n) is 3.02. The third-order valence-electron chi connectivity index (χ3n) is 4.50. The number of likely N-dealkylation sites (tertiary alicyclic amines) is 1. The van der Waals surface area contributed by atoms with Crippen molar-refractivity contribution in [2.45, 2.75) is 39.0 Å². The van der Waals surface area contributed by atoms with Crippen molar-refractivity contribution in [3.05, 3.63) is 34.8 Å². The van der Waals surface area contributed by atoms with Gasteiger partial charge in [0.1, 0.15) is 10.8 Å². The van der Waals surface area contributed by atoms with Crippen LogP contribution in [0.1, 0.15) is 36.3 Å². The molecule has 0 atom stereocenters. The minimum absolute atomic E-state index is 0.241. The molecule has 1 aliphatic rings. The van der Waals surface area contributed by atoms with Crippen LogP contribution < -0.4 is 4.74 Å². The van der Waals surface area contributed by atoms with Crippen molar-refractivity contribution in [3.63, 3.8) is 0 Å². The van der Waals surface area contributed by atoms with Gasteiger partial charge in [-0.1, -0.05) is 12.8 Å². The Hall–Kier alpha value is -1.88. The lowest BCUT2D eigenvalue weighted by Gasteiger charge is -2.19. The van der Waals surface area contributed by atoms with E-state index < -0.39 is 0 Å². The highest BCUT2D eigenvalue weighted by Crippen LogP contribution is 2.29. The van der Waals surface area contributed by atoms with Crippen molar-refractivity contribution in [2.24, 2.45) is 0 Å². The Kier molecular flexibility index (Phi) is 5.51. The summed E-state index contributed by atoms with van der Waals surface area (Å²) in [7, 11) is 1.66. The third kappa shape index (κ3) is 3.96. The summed E-state index contributed by atoms with van der Waals surface area (Å²) in [6, 6.07) is 7.90. The monoisotopic (exact) mass is 344 g/mol. The fourth-order valence-corrected chi connectivity index (χ4v) is 4.08. The summed E-state index contributed by atoms with van der Waals surface area (Å²) in [4.78, 5) is 20.4. The number of amides is 1. The second kappa shape index (κ2) is 7.79. The number of ether oxygens (including phenoxy) is 1. The molecule has 1 aliphatic heterocycles. The molecule has 0 bridgehead atoms.